The van der Waals surface area contributed by atoms with Crippen LogP contribution in [0.1, 0.15) is 31.9 Å². The molecule has 0 unspecified atom stereocenters. The van der Waals surface area contributed by atoms with Gasteiger partial charge in [0.2, 0.25) is 0 Å². The van der Waals surface area contributed by atoms with Crippen LogP contribution < -0.4 is 0 Å². The maximum absolute atomic E-state index is 13.8. The summed E-state index contributed by atoms with van der Waals surface area (Å²) in [5.41, 5.74) is -2.56. The third kappa shape index (κ3) is 3.61. The molecule has 1 N–H and O–H groups in total. The minimum absolute atomic E-state index is 0.308. The molecule has 112 valence electrons. The number of carbonyl (C=O) groups is 1. The van der Waals surface area contributed by atoms with E-state index >= 15 is 0 Å². The molecule has 1 aromatic carbocycles. The lowest BCUT2D eigenvalue weighted by atomic mass is 10.0. The van der Waals surface area contributed by atoms with Crippen LogP contribution in [0, 0.1) is 5.82 Å². The summed E-state index contributed by atoms with van der Waals surface area (Å²) in [7, 11) is 0. The zero-order valence-corrected chi connectivity index (χ0v) is 11.3. The molecule has 0 spiro atoms. The van der Waals surface area contributed by atoms with E-state index in [-0.39, 0.29) is 5.56 Å². The summed E-state index contributed by atoms with van der Waals surface area (Å²) in [5, 5.41) is 9.07. The van der Waals surface area contributed by atoms with Crippen molar-refractivity contribution in [2.24, 2.45) is 0 Å². The van der Waals surface area contributed by atoms with Crippen molar-refractivity contribution in [2.75, 3.05) is 0 Å². The van der Waals surface area contributed by atoms with Gasteiger partial charge in [-0.05, 0) is 26.8 Å². The van der Waals surface area contributed by atoms with E-state index in [0.29, 0.717) is 6.07 Å². The molecule has 7 heteroatoms. The van der Waals surface area contributed by atoms with Gasteiger partial charge in [0.05, 0.1) is 12.1 Å². The largest absolute Gasteiger partial charge is 0.465 e. The van der Waals surface area contributed by atoms with Crippen LogP contribution in [0.5, 0.6) is 0 Å². The van der Waals surface area contributed by atoms with Gasteiger partial charge >= 0.3 is 12.3 Å². The molecule has 1 amide bonds. The monoisotopic (exact) mass is 293 g/mol. The van der Waals surface area contributed by atoms with Crippen molar-refractivity contribution in [3.63, 3.8) is 0 Å². The van der Waals surface area contributed by atoms with Crippen molar-refractivity contribution in [2.45, 2.75) is 39.0 Å². The molecule has 0 bridgehead atoms. The maximum Gasteiger partial charge on any atom is 0.419 e. The number of nitrogens with zero attached hydrogens (tertiary/aromatic N) is 1. The molecule has 0 aromatic heterocycles. The second-order valence-corrected chi connectivity index (χ2v) is 5.32. The number of alkyl halides is 3. The van der Waals surface area contributed by atoms with Crippen LogP contribution in [0.3, 0.4) is 0 Å². The van der Waals surface area contributed by atoms with Gasteiger partial charge in [-0.2, -0.15) is 13.2 Å². The fourth-order valence-corrected chi connectivity index (χ4v) is 1.68. The fraction of sp³-hybridized carbons (Fsp3) is 0.462. The molecule has 0 radical (unpaired) electrons. The van der Waals surface area contributed by atoms with Crippen molar-refractivity contribution < 1.29 is 27.5 Å². The van der Waals surface area contributed by atoms with Gasteiger partial charge in [-0.3, -0.25) is 4.90 Å². The van der Waals surface area contributed by atoms with Crippen molar-refractivity contribution in [3.05, 3.63) is 35.1 Å². The number of benzene rings is 1. The van der Waals surface area contributed by atoms with E-state index in [0.717, 1.165) is 17.0 Å². The number of hydrogen-bond donors (Lipinski definition) is 1. The van der Waals surface area contributed by atoms with Gasteiger partial charge in [-0.15, -0.1) is 0 Å². The molecule has 20 heavy (non-hydrogen) atoms. The van der Waals surface area contributed by atoms with Gasteiger partial charge < -0.3 is 5.11 Å². The van der Waals surface area contributed by atoms with Crippen molar-refractivity contribution in [1.29, 1.82) is 0 Å². The highest BCUT2D eigenvalue weighted by molar-refractivity contribution is 5.66. The Balaban J connectivity index is 3.19. The Labute approximate surface area is 113 Å². The van der Waals surface area contributed by atoms with E-state index in [9.17, 15) is 22.4 Å². The summed E-state index contributed by atoms with van der Waals surface area (Å²) in [6, 6.07) is 2.83. The first-order valence-corrected chi connectivity index (χ1v) is 5.79. The van der Waals surface area contributed by atoms with Crippen LogP contribution in [-0.4, -0.2) is 21.6 Å². The van der Waals surface area contributed by atoms with Crippen LogP contribution in [-0.2, 0) is 12.7 Å². The summed E-state index contributed by atoms with van der Waals surface area (Å²) >= 11 is 0. The van der Waals surface area contributed by atoms with E-state index in [1.54, 1.807) is 20.8 Å². The molecule has 0 saturated carbocycles. The number of amides is 1. The van der Waals surface area contributed by atoms with Gasteiger partial charge in [-0.1, -0.05) is 12.1 Å². The van der Waals surface area contributed by atoms with E-state index < -0.39 is 35.7 Å². The van der Waals surface area contributed by atoms with Crippen LogP contribution in [0.25, 0.3) is 0 Å². The Kier molecular flexibility index (Phi) is 4.31. The van der Waals surface area contributed by atoms with E-state index in [1.165, 1.54) is 0 Å². The molecule has 1 aromatic rings. The SMILES string of the molecule is CC(C)(C)N(Cc1cccc(C(F)(F)F)c1F)C(=O)O. The highest BCUT2D eigenvalue weighted by atomic mass is 19.4. The lowest BCUT2D eigenvalue weighted by molar-refractivity contribution is -0.140. The predicted octanol–water partition coefficient (Wildman–Crippen LogP) is 4.12. The Morgan fingerprint density at radius 3 is 2.20 bits per heavy atom. The Morgan fingerprint density at radius 2 is 1.80 bits per heavy atom. The number of halogens is 4. The molecular formula is C13H15F4NO2. The second-order valence-electron chi connectivity index (χ2n) is 5.32. The zero-order valence-electron chi connectivity index (χ0n) is 11.3. The normalized spacial score (nSPS) is 12.3. The lowest BCUT2D eigenvalue weighted by Gasteiger charge is -2.33. The molecule has 0 aliphatic rings. The highest BCUT2D eigenvalue weighted by Crippen LogP contribution is 2.33. The highest BCUT2D eigenvalue weighted by Gasteiger charge is 2.35. The lowest BCUT2D eigenvalue weighted by Crippen LogP contribution is -2.44. The zero-order chi connectivity index (χ0) is 15.7. The average Bonchev–Trinajstić information content (AvgIpc) is 2.23. The van der Waals surface area contributed by atoms with Gasteiger partial charge in [-0.25, -0.2) is 9.18 Å². The molecule has 0 saturated heterocycles. The van der Waals surface area contributed by atoms with Crippen molar-refractivity contribution in [1.82, 2.24) is 4.90 Å². The fourth-order valence-electron chi connectivity index (χ4n) is 1.68. The molecule has 1 rings (SSSR count). The number of rotatable bonds is 2. The Morgan fingerprint density at radius 1 is 1.25 bits per heavy atom. The van der Waals surface area contributed by atoms with Gasteiger partial charge in [0.25, 0.3) is 0 Å². The predicted molar refractivity (Wildman–Crippen MR) is 64.7 cm³/mol. The topological polar surface area (TPSA) is 40.5 Å². The first kappa shape index (κ1) is 16.3. The smallest absolute Gasteiger partial charge is 0.419 e. The Hall–Kier alpha value is -1.79. The average molecular weight is 293 g/mol. The molecule has 0 fully saturated rings. The van der Waals surface area contributed by atoms with Crippen LogP contribution in [0.15, 0.2) is 18.2 Å². The van der Waals surface area contributed by atoms with Crippen LogP contribution in [0.4, 0.5) is 22.4 Å². The van der Waals surface area contributed by atoms with Crippen LogP contribution in [0.2, 0.25) is 0 Å². The first-order valence-electron chi connectivity index (χ1n) is 5.79. The maximum atomic E-state index is 13.8. The summed E-state index contributed by atoms with van der Waals surface area (Å²) in [6.07, 6.45) is -6.13. The van der Waals surface area contributed by atoms with Gasteiger partial charge in [0.1, 0.15) is 5.82 Å². The van der Waals surface area contributed by atoms with Gasteiger partial charge in [0, 0.05) is 11.1 Å². The Bertz CT molecular complexity index is 506. The summed E-state index contributed by atoms with van der Waals surface area (Å²) in [5.74, 6) is -1.43. The van der Waals surface area contributed by atoms with Crippen molar-refractivity contribution in [3.8, 4) is 0 Å². The number of carboxylic acid groups (broad SMARTS) is 1. The summed E-state index contributed by atoms with van der Waals surface area (Å²) in [6.45, 7) is 4.28. The molecule has 0 aliphatic carbocycles. The van der Waals surface area contributed by atoms with E-state index in [4.69, 9.17) is 5.11 Å². The summed E-state index contributed by atoms with van der Waals surface area (Å²) in [4.78, 5) is 12.0. The molecule has 0 atom stereocenters. The quantitative estimate of drug-likeness (QED) is 0.833. The number of hydrogen-bond acceptors (Lipinski definition) is 1. The first-order chi connectivity index (χ1) is 8.94. The molecular weight excluding hydrogens is 278 g/mol. The van der Waals surface area contributed by atoms with Crippen LogP contribution >= 0.6 is 0 Å². The molecule has 0 aliphatic heterocycles. The molecule has 3 nitrogen and oxygen atoms in total. The third-order valence-electron chi connectivity index (χ3n) is 2.75. The minimum Gasteiger partial charge on any atom is -0.465 e. The van der Waals surface area contributed by atoms with E-state index in [2.05, 4.69) is 0 Å². The van der Waals surface area contributed by atoms with E-state index in [1.807, 2.05) is 0 Å². The summed E-state index contributed by atoms with van der Waals surface area (Å²) < 4.78 is 51.6. The second kappa shape index (κ2) is 5.30. The van der Waals surface area contributed by atoms with Crippen molar-refractivity contribution >= 4 is 6.09 Å². The third-order valence-corrected chi connectivity index (χ3v) is 2.75. The standard InChI is InChI=1S/C13H15F4NO2/c1-12(2,3)18(11(19)20)7-8-5-4-6-9(10(8)14)13(15,16)17/h4-6H,7H2,1-3H3,(H,19,20). The molecule has 0 heterocycles. The van der Waals surface area contributed by atoms with Gasteiger partial charge in [0.15, 0.2) is 0 Å². The minimum atomic E-state index is -4.81.